The van der Waals surface area contributed by atoms with Crippen LogP contribution in [0.5, 0.6) is 0 Å². The molecule has 0 bridgehead atoms. The molecule has 2 saturated heterocycles. The van der Waals surface area contributed by atoms with E-state index in [1.54, 1.807) is 0 Å². The molecule has 6 heteroatoms. The lowest BCUT2D eigenvalue weighted by atomic mass is 10.0. The lowest BCUT2D eigenvalue weighted by molar-refractivity contribution is -0.122. The Balaban J connectivity index is 1.58. The summed E-state index contributed by atoms with van der Waals surface area (Å²) < 4.78 is 5.21. The summed E-state index contributed by atoms with van der Waals surface area (Å²) in [5, 5.41) is 3.40. The first kappa shape index (κ1) is 14.7. The van der Waals surface area contributed by atoms with E-state index < -0.39 is 5.91 Å². The van der Waals surface area contributed by atoms with Crippen molar-refractivity contribution in [3.8, 4) is 0 Å². The zero-order valence-corrected chi connectivity index (χ0v) is 11.6. The molecule has 2 heterocycles. The Morgan fingerprint density at radius 2 is 1.89 bits per heavy atom. The number of piperazine rings is 1. The summed E-state index contributed by atoms with van der Waals surface area (Å²) >= 11 is 0. The van der Waals surface area contributed by atoms with Crippen molar-refractivity contribution in [3.63, 3.8) is 0 Å². The fourth-order valence-corrected chi connectivity index (χ4v) is 2.92. The molecular formula is C13H26N4O2. The second-order valence-electron chi connectivity index (χ2n) is 5.38. The van der Waals surface area contributed by atoms with E-state index >= 15 is 0 Å². The number of amides is 1. The molecule has 0 aromatic heterocycles. The van der Waals surface area contributed by atoms with Crippen LogP contribution in [0, 0.1) is 0 Å². The van der Waals surface area contributed by atoms with E-state index in [-0.39, 0.29) is 6.61 Å². The van der Waals surface area contributed by atoms with Gasteiger partial charge in [-0.3, -0.25) is 9.69 Å². The number of rotatable bonds is 6. The number of primary amides is 1. The van der Waals surface area contributed by atoms with Crippen LogP contribution in [-0.4, -0.2) is 80.8 Å². The number of likely N-dealkylation sites (tertiary alicyclic amines) is 1. The van der Waals surface area contributed by atoms with Crippen molar-refractivity contribution in [2.75, 3.05) is 59.0 Å². The van der Waals surface area contributed by atoms with Crippen molar-refractivity contribution in [1.29, 1.82) is 0 Å². The van der Waals surface area contributed by atoms with E-state index in [4.69, 9.17) is 10.5 Å². The molecule has 0 atom stereocenters. The van der Waals surface area contributed by atoms with Gasteiger partial charge < -0.3 is 20.7 Å². The highest BCUT2D eigenvalue weighted by molar-refractivity contribution is 5.74. The van der Waals surface area contributed by atoms with Crippen molar-refractivity contribution in [3.05, 3.63) is 0 Å². The molecule has 1 amide bonds. The van der Waals surface area contributed by atoms with Gasteiger partial charge in [-0.25, -0.2) is 0 Å². The molecule has 0 aliphatic carbocycles. The third-order valence-electron chi connectivity index (χ3n) is 4.02. The topological polar surface area (TPSA) is 70.8 Å². The Labute approximate surface area is 115 Å². The minimum absolute atomic E-state index is 0.0389. The monoisotopic (exact) mass is 270 g/mol. The fraction of sp³-hybridized carbons (Fsp3) is 0.923. The summed E-state index contributed by atoms with van der Waals surface area (Å²) in [5.41, 5.74) is 5.02. The van der Waals surface area contributed by atoms with Gasteiger partial charge in [-0.2, -0.15) is 0 Å². The average Bonchev–Trinajstić information content (AvgIpc) is 2.45. The van der Waals surface area contributed by atoms with Crippen LogP contribution in [0.25, 0.3) is 0 Å². The summed E-state index contributed by atoms with van der Waals surface area (Å²) in [6, 6.07) is 0.755. The summed E-state index contributed by atoms with van der Waals surface area (Å²) in [4.78, 5) is 15.6. The summed E-state index contributed by atoms with van der Waals surface area (Å²) in [5.74, 6) is -0.391. The smallest absolute Gasteiger partial charge is 0.243 e. The first-order chi connectivity index (χ1) is 9.25. The second-order valence-corrected chi connectivity index (χ2v) is 5.38. The van der Waals surface area contributed by atoms with Crippen LogP contribution in [0.3, 0.4) is 0 Å². The lowest BCUT2D eigenvalue weighted by Crippen LogP contribution is -2.52. The molecule has 3 N–H and O–H groups in total. The molecule has 0 saturated carbocycles. The average molecular weight is 270 g/mol. The minimum Gasteiger partial charge on any atom is -0.370 e. The van der Waals surface area contributed by atoms with Crippen molar-refractivity contribution >= 4 is 5.91 Å². The Morgan fingerprint density at radius 3 is 2.53 bits per heavy atom. The molecule has 2 rings (SSSR count). The van der Waals surface area contributed by atoms with Gasteiger partial charge in [0.15, 0.2) is 0 Å². The second kappa shape index (κ2) is 7.79. The number of ether oxygens (including phenoxy) is 1. The van der Waals surface area contributed by atoms with Crippen molar-refractivity contribution in [2.24, 2.45) is 5.73 Å². The highest BCUT2D eigenvalue weighted by Gasteiger charge is 2.25. The van der Waals surface area contributed by atoms with E-state index in [0.717, 1.165) is 38.8 Å². The minimum atomic E-state index is -0.391. The molecule has 0 aromatic rings. The normalized spacial score (nSPS) is 23.6. The van der Waals surface area contributed by atoms with Gasteiger partial charge in [0.2, 0.25) is 5.91 Å². The molecule has 19 heavy (non-hydrogen) atoms. The molecule has 0 radical (unpaired) electrons. The summed E-state index contributed by atoms with van der Waals surface area (Å²) in [6.45, 7) is 8.43. The van der Waals surface area contributed by atoms with E-state index in [9.17, 15) is 4.79 Å². The zero-order chi connectivity index (χ0) is 13.5. The van der Waals surface area contributed by atoms with Crippen LogP contribution in [0.1, 0.15) is 12.8 Å². The largest absolute Gasteiger partial charge is 0.370 e. The van der Waals surface area contributed by atoms with Gasteiger partial charge in [-0.15, -0.1) is 0 Å². The Hall–Kier alpha value is -0.690. The molecule has 110 valence electrons. The van der Waals surface area contributed by atoms with Crippen LogP contribution < -0.4 is 11.1 Å². The fourth-order valence-electron chi connectivity index (χ4n) is 2.92. The van der Waals surface area contributed by atoms with E-state index in [2.05, 4.69) is 15.1 Å². The number of hydrogen-bond acceptors (Lipinski definition) is 5. The Bertz CT molecular complexity index is 274. The van der Waals surface area contributed by atoms with E-state index in [1.807, 2.05) is 0 Å². The predicted octanol–water partition coefficient (Wildman–Crippen LogP) is -1.14. The van der Waals surface area contributed by atoms with Crippen LogP contribution in [-0.2, 0) is 9.53 Å². The van der Waals surface area contributed by atoms with Gasteiger partial charge in [0.05, 0.1) is 6.61 Å². The third kappa shape index (κ3) is 5.06. The molecule has 6 nitrogen and oxygen atoms in total. The summed E-state index contributed by atoms with van der Waals surface area (Å²) in [7, 11) is 0. The number of carbonyl (C=O) groups is 1. The van der Waals surface area contributed by atoms with Crippen LogP contribution in [0.4, 0.5) is 0 Å². The zero-order valence-electron chi connectivity index (χ0n) is 11.6. The maximum Gasteiger partial charge on any atom is 0.243 e. The lowest BCUT2D eigenvalue weighted by Gasteiger charge is -2.40. The molecule has 0 unspecified atom stereocenters. The van der Waals surface area contributed by atoms with Crippen LogP contribution in [0.2, 0.25) is 0 Å². The third-order valence-corrected chi connectivity index (χ3v) is 4.02. The predicted molar refractivity (Wildman–Crippen MR) is 73.9 cm³/mol. The van der Waals surface area contributed by atoms with Crippen LogP contribution >= 0.6 is 0 Å². The van der Waals surface area contributed by atoms with Crippen LogP contribution in [0.15, 0.2) is 0 Å². The quantitative estimate of drug-likeness (QED) is 0.597. The summed E-state index contributed by atoms with van der Waals surface area (Å²) in [6.07, 6.45) is 2.49. The van der Waals surface area contributed by atoms with E-state index in [1.165, 1.54) is 25.9 Å². The molecular weight excluding hydrogens is 244 g/mol. The maximum absolute atomic E-state index is 10.5. The molecule has 0 aromatic carbocycles. The molecule has 2 aliphatic heterocycles. The van der Waals surface area contributed by atoms with Gasteiger partial charge in [-0.1, -0.05) is 0 Å². The highest BCUT2D eigenvalue weighted by atomic mass is 16.5. The number of nitrogens with zero attached hydrogens (tertiary/aromatic N) is 2. The van der Waals surface area contributed by atoms with Gasteiger partial charge in [0.1, 0.15) is 6.61 Å². The SMILES string of the molecule is NC(=O)COCCN1CCC(N2CCNCC2)CC1. The number of nitrogens with two attached hydrogens (primary N) is 1. The van der Waals surface area contributed by atoms with Gasteiger partial charge in [-0.05, 0) is 25.9 Å². The Morgan fingerprint density at radius 1 is 1.21 bits per heavy atom. The number of carbonyl (C=O) groups excluding carboxylic acids is 1. The van der Waals surface area contributed by atoms with Gasteiger partial charge in [0, 0.05) is 38.8 Å². The van der Waals surface area contributed by atoms with E-state index in [0.29, 0.717) is 6.61 Å². The number of nitrogens with one attached hydrogen (secondary N) is 1. The van der Waals surface area contributed by atoms with Gasteiger partial charge in [0.25, 0.3) is 0 Å². The molecule has 2 aliphatic rings. The number of piperidine rings is 1. The molecule has 2 fully saturated rings. The standard InChI is InChI=1S/C13H26N4O2/c14-13(18)11-19-10-9-16-5-1-12(2-6-16)17-7-3-15-4-8-17/h12,15H,1-11H2,(H2,14,18). The highest BCUT2D eigenvalue weighted by Crippen LogP contribution is 2.16. The van der Waals surface area contributed by atoms with Crippen molar-refractivity contribution < 1.29 is 9.53 Å². The van der Waals surface area contributed by atoms with Crippen molar-refractivity contribution in [2.45, 2.75) is 18.9 Å². The molecule has 0 spiro atoms. The maximum atomic E-state index is 10.5. The van der Waals surface area contributed by atoms with Gasteiger partial charge >= 0.3 is 0 Å². The Kier molecular flexibility index (Phi) is 6.03. The first-order valence-electron chi connectivity index (χ1n) is 7.29. The van der Waals surface area contributed by atoms with Crippen molar-refractivity contribution in [1.82, 2.24) is 15.1 Å². The first-order valence-corrected chi connectivity index (χ1v) is 7.29. The number of hydrogen-bond donors (Lipinski definition) is 2.